The number of anilines is 1. The number of nitrogens with one attached hydrogen (secondary N) is 2. The molecule has 2 aromatic heterocycles. The van der Waals surface area contributed by atoms with Crippen LogP contribution in [0.15, 0.2) is 71.3 Å². The number of rotatable bonds is 9. The molecule has 0 radical (unpaired) electrons. The zero-order valence-electron chi connectivity index (χ0n) is 16.9. The largest absolute Gasteiger partial charge is 0.508 e. The van der Waals surface area contributed by atoms with Gasteiger partial charge in [0.2, 0.25) is 12.3 Å². The molecule has 1 unspecified atom stereocenters. The number of aromatic nitrogens is 2. The zero-order valence-corrected chi connectivity index (χ0v) is 18.5. The number of phenols is 1. The van der Waals surface area contributed by atoms with E-state index in [0.29, 0.717) is 18.5 Å². The molecule has 0 saturated heterocycles. The molecule has 2 amide bonds. The third-order valence-corrected chi connectivity index (χ3v) is 6.92. The first-order valence-electron chi connectivity index (χ1n) is 9.81. The third kappa shape index (κ3) is 5.63. The van der Waals surface area contributed by atoms with E-state index < -0.39 is 6.04 Å². The number of nitrogens with zero attached hydrogens (tertiary/aromatic N) is 2. The van der Waals surface area contributed by atoms with Crippen LogP contribution in [0, 0.1) is 0 Å². The predicted molar refractivity (Wildman–Crippen MR) is 127 cm³/mol. The Kier molecular flexibility index (Phi) is 6.98. The van der Waals surface area contributed by atoms with Crippen molar-refractivity contribution in [2.24, 2.45) is 0 Å². The third-order valence-electron chi connectivity index (χ3n) is 4.68. The highest BCUT2D eigenvalue weighted by Gasteiger charge is 2.19. The van der Waals surface area contributed by atoms with Gasteiger partial charge < -0.3 is 15.7 Å². The van der Waals surface area contributed by atoms with Crippen LogP contribution in [0.1, 0.15) is 11.1 Å². The van der Waals surface area contributed by atoms with E-state index in [4.69, 9.17) is 0 Å². The van der Waals surface area contributed by atoms with Gasteiger partial charge in [0.25, 0.3) is 0 Å². The molecule has 0 aliphatic heterocycles. The van der Waals surface area contributed by atoms with Gasteiger partial charge in [0.15, 0.2) is 4.34 Å². The topological polar surface area (TPSA) is 104 Å². The van der Waals surface area contributed by atoms with Gasteiger partial charge in [-0.1, -0.05) is 30.0 Å². The maximum absolute atomic E-state index is 12.8. The lowest BCUT2D eigenvalue weighted by Gasteiger charge is -2.16. The van der Waals surface area contributed by atoms with Crippen LogP contribution in [0.4, 0.5) is 5.69 Å². The second-order valence-corrected chi connectivity index (χ2v) is 9.26. The van der Waals surface area contributed by atoms with Crippen molar-refractivity contribution >= 4 is 51.3 Å². The monoisotopic (exact) mass is 464 g/mol. The quantitative estimate of drug-likeness (QED) is 0.256. The lowest BCUT2D eigenvalue weighted by Crippen LogP contribution is -2.41. The summed E-state index contributed by atoms with van der Waals surface area (Å²) in [5, 5.41) is 14.9. The van der Waals surface area contributed by atoms with E-state index in [9.17, 15) is 14.7 Å². The summed E-state index contributed by atoms with van der Waals surface area (Å²) in [6, 6.07) is 15.3. The Morgan fingerprint density at radius 3 is 2.75 bits per heavy atom. The van der Waals surface area contributed by atoms with Crippen LogP contribution in [0.2, 0.25) is 0 Å². The van der Waals surface area contributed by atoms with Crippen molar-refractivity contribution in [1.82, 2.24) is 15.3 Å². The Morgan fingerprint density at radius 2 is 2.00 bits per heavy atom. The highest BCUT2D eigenvalue weighted by molar-refractivity contribution is 8.00. The molecule has 162 valence electrons. The minimum atomic E-state index is -0.736. The van der Waals surface area contributed by atoms with E-state index in [1.807, 2.05) is 30.5 Å². The van der Waals surface area contributed by atoms with Gasteiger partial charge in [-0.25, -0.2) is 4.98 Å². The molecule has 7 nitrogen and oxygen atoms in total. The molecule has 0 bridgehead atoms. The Hall–Kier alpha value is -3.43. The zero-order chi connectivity index (χ0) is 22.3. The second-order valence-electron chi connectivity index (χ2n) is 7.01. The number of benzene rings is 2. The summed E-state index contributed by atoms with van der Waals surface area (Å²) in [4.78, 5) is 32.6. The van der Waals surface area contributed by atoms with Gasteiger partial charge in [-0.3, -0.25) is 14.6 Å². The molecule has 2 aromatic carbocycles. The van der Waals surface area contributed by atoms with E-state index >= 15 is 0 Å². The van der Waals surface area contributed by atoms with Gasteiger partial charge in [0.1, 0.15) is 11.8 Å². The molecule has 3 N–H and O–H groups in total. The number of pyridine rings is 1. The number of hydrogen-bond donors (Lipinski definition) is 3. The Morgan fingerprint density at radius 1 is 1.16 bits per heavy atom. The lowest BCUT2D eigenvalue weighted by molar-refractivity contribution is -0.121. The summed E-state index contributed by atoms with van der Waals surface area (Å²) in [5.41, 5.74) is 3.46. The number of amides is 2. The highest BCUT2D eigenvalue weighted by Crippen LogP contribution is 2.32. The van der Waals surface area contributed by atoms with Crippen LogP contribution >= 0.6 is 23.1 Å². The smallest absolute Gasteiger partial charge is 0.247 e. The summed E-state index contributed by atoms with van der Waals surface area (Å²) in [5.74, 6) is 0.613. The maximum atomic E-state index is 12.8. The average molecular weight is 465 g/mol. The van der Waals surface area contributed by atoms with Crippen LogP contribution < -0.4 is 10.6 Å². The summed E-state index contributed by atoms with van der Waals surface area (Å²) in [6.07, 6.45) is 4.42. The predicted octanol–water partition coefficient (Wildman–Crippen LogP) is 3.99. The van der Waals surface area contributed by atoms with Crippen molar-refractivity contribution in [1.29, 1.82) is 0 Å². The van der Waals surface area contributed by atoms with Gasteiger partial charge >= 0.3 is 0 Å². The van der Waals surface area contributed by atoms with E-state index in [1.165, 1.54) is 0 Å². The average Bonchev–Trinajstić information content (AvgIpc) is 3.22. The molecule has 0 fully saturated rings. The summed E-state index contributed by atoms with van der Waals surface area (Å²) >= 11 is 3.21. The molecule has 4 aromatic rings. The molecule has 9 heteroatoms. The van der Waals surface area contributed by atoms with Crippen molar-refractivity contribution in [2.45, 2.75) is 22.6 Å². The van der Waals surface area contributed by atoms with Gasteiger partial charge in [-0.2, -0.15) is 0 Å². The molecular weight excluding hydrogens is 444 g/mol. The summed E-state index contributed by atoms with van der Waals surface area (Å²) < 4.78 is 1.91. The summed E-state index contributed by atoms with van der Waals surface area (Å²) in [7, 11) is 0. The molecule has 32 heavy (non-hydrogen) atoms. The van der Waals surface area contributed by atoms with Crippen molar-refractivity contribution < 1.29 is 14.7 Å². The first-order valence-corrected chi connectivity index (χ1v) is 11.6. The maximum Gasteiger partial charge on any atom is 0.247 e. The van der Waals surface area contributed by atoms with E-state index in [1.54, 1.807) is 59.6 Å². The summed E-state index contributed by atoms with van der Waals surface area (Å²) in [6.45, 7) is 0. The van der Waals surface area contributed by atoms with Gasteiger partial charge in [0.05, 0.1) is 10.2 Å². The van der Waals surface area contributed by atoms with Crippen LogP contribution in [-0.4, -0.2) is 33.4 Å². The standard InChI is InChI=1S/C23H20N4O3S2/c28-14-25-20(10-15-3-6-18(29)7-4-15)22(30)26-17-5-8-19-21(11-17)32-23(27-19)31-13-16-2-1-9-24-12-16/h1-9,11-12,14,20,29H,10,13H2,(H,25,28)(H,26,30). The first-order chi connectivity index (χ1) is 15.6. The molecule has 2 heterocycles. The normalized spacial score (nSPS) is 11.8. The van der Waals surface area contributed by atoms with Gasteiger partial charge in [-0.05, 0) is 47.5 Å². The lowest BCUT2D eigenvalue weighted by atomic mass is 10.1. The number of aromatic hydroxyl groups is 1. The van der Waals surface area contributed by atoms with Gasteiger partial charge in [0, 0.05) is 30.3 Å². The second kappa shape index (κ2) is 10.3. The fraction of sp³-hybridized carbons (Fsp3) is 0.130. The molecule has 0 saturated carbocycles. The number of thioether (sulfide) groups is 1. The minimum Gasteiger partial charge on any atom is -0.508 e. The van der Waals surface area contributed by atoms with E-state index in [-0.39, 0.29) is 11.7 Å². The van der Waals surface area contributed by atoms with Crippen molar-refractivity contribution in [2.75, 3.05) is 5.32 Å². The molecule has 0 aliphatic rings. The Labute approximate surface area is 192 Å². The van der Waals surface area contributed by atoms with Crippen molar-refractivity contribution in [3.63, 3.8) is 0 Å². The van der Waals surface area contributed by atoms with Crippen LogP contribution in [0.5, 0.6) is 5.75 Å². The first kappa shape index (κ1) is 21.8. The van der Waals surface area contributed by atoms with Gasteiger partial charge in [-0.15, -0.1) is 11.3 Å². The molecule has 0 aliphatic carbocycles. The Bertz CT molecular complexity index is 1210. The number of carbonyl (C=O) groups excluding carboxylic acids is 2. The number of thiazole rings is 1. The number of carbonyl (C=O) groups is 2. The van der Waals surface area contributed by atoms with Crippen molar-refractivity contribution in [3.8, 4) is 5.75 Å². The molecule has 0 spiro atoms. The fourth-order valence-corrected chi connectivity index (χ4v) is 5.12. The molecular formula is C23H20N4O3S2. The number of fused-ring (bicyclic) bond motifs is 1. The SMILES string of the molecule is O=CNC(Cc1ccc(O)cc1)C(=O)Nc1ccc2nc(SCc3cccnc3)sc2c1. The minimum absolute atomic E-state index is 0.147. The van der Waals surface area contributed by atoms with Crippen LogP contribution in [-0.2, 0) is 21.8 Å². The number of hydrogen-bond acceptors (Lipinski definition) is 7. The highest BCUT2D eigenvalue weighted by atomic mass is 32.2. The number of phenolic OH excluding ortho intramolecular Hbond substituents is 1. The van der Waals surface area contributed by atoms with Crippen LogP contribution in [0.3, 0.4) is 0 Å². The molecule has 1 atom stereocenters. The fourth-order valence-electron chi connectivity index (χ4n) is 3.08. The Balaban J connectivity index is 1.43. The van der Waals surface area contributed by atoms with Crippen LogP contribution in [0.25, 0.3) is 10.2 Å². The van der Waals surface area contributed by atoms with E-state index in [0.717, 1.165) is 31.4 Å². The van der Waals surface area contributed by atoms with Crippen molar-refractivity contribution in [3.05, 3.63) is 78.1 Å². The van der Waals surface area contributed by atoms with E-state index in [2.05, 4.69) is 20.6 Å². The molecule has 4 rings (SSSR count).